The monoisotopic (exact) mass is 242 g/mol. The van der Waals surface area contributed by atoms with Gasteiger partial charge in [-0.15, -0.1) is 0 Å². The van der Waals surface area contributed by atoms with Crippen molar-refractivity contribution in [3.8, 4) is 0 Å². The molecule has 98 valence electrons. The van der Waals surface area contributed by atoms with Gasteiger partial charge in [-0.05, 0) is 32.7 Å². The van der Waals surface area contributed by atoms with E-state index in [0.29, 0.717) is 13.0 Å². The number of nitrogens with one attached hydrogen (secondary N) is 1. The molecule has 17 heavy (non-hydrogen) atoms. The predicted molar refractivity (Wildman–Crippen MR) is 64.7 cm³/mol. The molecule has 0 bridgehead atoms. The Morgan fingerprint density at radius 1 is 1.53 bits per heavy atom. The minimum absolute atomic E-state index is 0.0716. The topological polar surface area (TPSA) is 69.6 Å². The summed E-state index contributed by atoms with van der Waals surface area (Å²) < 4.78 is 0. The molecule has 0 saturated carbocycles. The second kappa shape index (κ2) is 6.59. The van der Waals surface area contributed by atoms with E-state index in [2.05, 4.69) is 5.32 Å². The van der Waals surface area contributed by atoms with E-state index >= 15 is 0 Å². The van der Waals surface area contributed by atoms with Crippen LogP contribution in [0.4, 0.5) is 0 Å². The summed E-state index contributed by atoms with van der Waals surface area (Å²) >= 11 is 0. The van der Waals surface area contributed by atoms with Gasteiger partial charge in [0.15, 0.2) is 0 Å². The molecule has 0 aliphatic carbocycles. The molecule has 5 heteroatoms. The van der Waals surface area contributed by atoms with E-state index in [9.17, 15) is 9.59 Å². The molecule has 1 saturated heterocycles. The van der Waals surface area contributed by atoms with Gasteiger partial charge in [-0.2, -0.15) is 0 Å². The fourth-order valence-electron chi connectivity index (χ4n) is 2.16. The molecule has 0 spiro atoms. The maximum Gasteiger partial charge on any atom is 0.320 e. The van der Waals surface area contributed by atoms with Gasteiger partial charge in [0.05, 0.1) is 0 Å². The van der Waals surface area contributed by atoms with Crippen LogP contribution >= 0.6 is 0 Å². The highest BCUT2D eigenvalue weighted by molar-refractivity contribution is 5.76. The number of piperidine rings is 1. The number of aliphatic carboxylic acids is 1. The Balaban J connectivity index is 2.43. The van der Waals surface area contributed by atoms with Crippen LogP contribution in [0.3, 0.4) is 0 Å². The van der Waals surface area contributed by atoms with Crippen LogP contribution in [0.5, 0.6) is 0 Å². The highest BCUT2D eigenvalue weighted by Gasteiger charge is 2.27. The first-order valence-corrected chi connectivity index (χ1v) is 6.30. The number of hydrogen-bond donors (Lipinski definition) is 2. The van der Waals surface area contributed by atoms with Crippen molar-refractivity contribution in [3.05, 3.63) is 0 Å². The van der Waals surface area contributed by atoms with Crippen molar-refractivity contribution in [3.63, 3.8) is 0 Å². The maximum atomic E-state index is 11.5. The number of likely N-dealkylation sites (tertiary alicyclic amines) is 1. The zero-order chi connectivity index (χ0) is 12.8. The Kier molecular flexibility index (Phi) is 5.41. The van der Waals surface area contributed by atoms with Gasteiger partial charge in [0.25, 0.3) is 0 Å². The van der Waals surface area contributed by atoms with Gasteiger partial charge in [0.1, 0.15) is 6.04 Å². The molecule has 1 aliphatic heterocycles. The second-order valence-electron chi connectivity index (χ2n) is 4.67. The van der Waals surface area contributed by atoms with E-state index in [-0.39, 0.29) is 11.9 Å². The second-order valence-corrected chi connectivity index (χ2v) is 4.67. The van der Waals surface area contributed by atoms with Crippen molar-refractivity contribution in [2.45, 2.75) is 51.6 Å². The predicted octanol–water partition coefficient (Wildman–Crippen LogP) is 0.840. The molecule has 1 heterocycles. The molecule has 1 fully saturated rings. The van der Waals surface area contributed by atoms with Crippen LogP contribution in [0, 0.1) is 0 Å². The van der Waals surface area contributed by atoms with Crippen LogP contribution < -0.4 is 5.32 Å². The molecule has 0 radical (unpaired) electrons. The van der Waals surface area contributed by atoms with Gasteiger partial charge >= 0.3 is 5.97 Å². The van der Waals surface area contributed by atoms with E-state index < -0.39 is 12.0 Å². The molecular formula is C12H22N2O3. The van der Waals surface area contributed by atoms with Crippen LogP contribution in [-0.4, -0.2) is 47.1 Å². The molecule has 0 aromatic rings. The average molecular weight is 242 g/mol. The lowest BCUT2D eigenvalue weighted by molar-refractivity contribution is -0.143. The van der Waals surface area contributed by atoms with E-state index in [0.717, 1.165) is 25.8 Å². The summed E-state index contributed by atoms with van der Waals surface area (Å²) in [5.74, 6) is -0.729. The van der Waals surface area contributed by atoms with Crippen LogP contribution in [0.25, 0.3) is 0 Å². The Hall–Kier alpha value is -1.10. The molecule has 2 unspecified atom stereocenters. The van der Waals surface area contributed by atoms with Crippen LogP contribution in [-0.2, 0) is 9.59 Å². The molecular weight excluding hydrogens is 220 g/mol. The summed E-state index contributed by atoms with van der Waals surface area (Å²) in [6.07, 6.45) is 3.27. The third-order valence-corrected chi connectivity index (χ3v) is 3.20. The van der Waals surface area contributed by atoms with Gasteiger partial charge in [0.2, 0.25) is 5.91 Å². The summed E-state index contributed by atoms with van der Waals surface area (Å²) in [5, 5.41) is 11.9. The zero-order valence-corrected chi connectivity index (χ0v) is 10.6. The number of rotatable bonds is 5. The third kappa shape index (κ3) is 4.34. The van der Waals surface area contributed by atoms with E-state index in [1.807, 2.05) is 11.8 Å². The molecule has 5 nitrogen and oxygen atoms in total. The van der Waals surface area contributed by atoms with Gasteiger partial charge in [-0.3, -0.25) is 14.5 Å². The molecule has 0 aromatic heterocycles. The summed E-state index contributed by atoms with van der Waals surface area (Å²) in [6.45, 7) is 5.11. The van der Waals surface area contributed by atoms with Crippen molar-refractivity contribution in [1.82, 2.24) is 10.2 Å². The molecule has 2 atom stereocenters. The first kappa shape index (κ1) is 14.0. The van der Waals surface area contributed by atoms with Gasteiger partial charge in [-0.1, -0.05) is 6.92 Å². The summed E-state index contributed by atoms with van der Waals surface area (Å²) in [7, 11) is 0. The van der Waals surface area contributed by atoms with Crippen molar-refractivity contribution in [2.24, 2.45) is 0 Å². The molecule has 1 aliphatic rings. The molecule has 1 rings (SSSR count). The SMILES string of the molecule is CCCC(=O)NC1CCCN(C(C)C(=O)O)C1. The quantitative estimate of drug-likeness (QED) is 0.749. The number of carboxylic acid groups (broad SMARTS) is 1. The highest BCUT2D eigenvalue weighted by atomic mass is 16.4. The van der Waals surface area contributed by atoms with Crippen molar-refractivity contribution in [1.29, 1.82) is 0 Å². The largest absolute Gasteiger partial charge is 0.480 e. The minimum Gasteiger partial charge on any atom is -0.480 e. The lowest BCUT2D eigenvalue weighted by Crippen LogP contribution is -2.52. The lowest BCUT2D eigenvalue weighted by Gasteiger charge is -2.35. The summed E-state index contributed by atoms with van der Waals surface area (Å²) in [4.78, 5) is 24.3. The average Bonchev–Trinajstić information content (AvgIpc) is 2.28. The zero-order valence-electron chi connectivity index (χ0n) is 10.6. The van der Waals surface area contributed by atoms with Crippen LogP contribution in [0.2, 0.25) is 0 Å². The fraction of sp³-hybridized carbons (Fsp3) is 0.833. The van der Waals surface area contributed by atoms with E-state index in [4.69, 9.17) is 5.11 Å². The number of nitrogens with zero attached hydrogens (tertiary/aromatic N) is 1. The molecule has 1 amide bonds. The van der Waals surface area contributed by atoms with Crippen molar-refractivity contribution >= 4 is 11.9 Å². The fourth-order valence-corrected chi connectivity index (χ4v) is 2.16. The van der Waals surface area contributed by atoms with E-state index in [1.165, 1.54) is 0 Å². The van der Waals surface area contributed by atoms with Gasteiger partial charge < -0.3 is 10.4 Å². The standard InChI is InChI=1S/C12H22N2O3/c1-3-5-11(15)13-10-6-4-7-14(8-10)9(2)12(16)17/h9-10H,3-8H2,1-2H3,(H,13,15)(H,16,17). The Morgan fingerprint density at radius 2 is 2.24 bits per heavy atom. The summed E-state index contributed by atoms with van der Waals surface area (Å²) in [5.41, 5.74) is 0. The smallest absolute Gasteiger partial charge is 0.320 e. The first-order chi connectivity index (χ1) is 8.04. The van der Waals surface area contributed by atoms with Gasteiger partial charge in [0, 0.05) is 19.0 Å². The van der Waals surface area contributed by atoms with Crippen LogP contribution in [0.15, 0.2) is 0 Å². The Morgan fingerprint density at radius 3 is 2.82 bits per heavy atom. The molecule has 0 aromatic carbocycles. The number of carbonyl (C=O) groups excluding carboxylic acids is 1. The number of hydrogen-bond acceptors (Lipinski definition) is 3. The normalized spacial score (nSPS) is 23.1. The molecule has 2 N–H and O–H groups in total. The first-order valence-electron chi connectivity index (χ1n) is 6.30. The Labute approximate surface area is 102 Å². The van der Waals surface area contributed by atoms with Crippen molar-refractivity contribution in [2.75, 3.05) is 13.1 Å². The number of amides is 1. The van der Waals surface area contributed by atoms with E-state index in [1.54, 1.807) is 6.92 Å². The van der Waals surface area contributed by atoms with Gasteiger partial charge in [-0.25, -0.2) is 0 Å². The number of carboxylic acids is 1. The van der Waals surface area contributed by atoms with Crippen molar-refractivity contribution < 1.29 is 14.7 Å². The highest BCUT2D eigenvalue weighted by Crippen LogP contribution is 2.13. The third-order valence-electron chi connectivity index (χ3n) is 3.20. The van der Waals surface area contributed by atoms with Crippen LogP contribution in [0.1, 0.15) is 39.5 Å². The number of carbonyl (C=O) groups is 2. The lowest BCUT2D eigenvalue weighted by atomic mass is 10.0. The maximum absolute atomic E-state index is 11.5. The minimum atomic E-state index is -0.800. The summed E-state index contributed by atoms with van der Waals surface area (Å²) in [6, 6.07) is -0.370. The Bertz CT molecular complexity index is 281.